The maximum absolute atomic E-state index is 12.6. The number of nitrogens with zero attached hydrogens (tertiary/aromatic N) is 1. The van der Waals surface area contributed by atoms with E-state index in [1.165, 1.54) is 0 Å². The highest BCUT2D eigenvalue weighted by molar-refractivity contribution is 6.00. The summed E-state index contributed by atoms with van der Waals surface area (Å²) in [5.41, 5.74) is 2.83. The largest absolute Gasteiger partial charge is 0.496 e. The van der Waals surface area contributed by atoms with Gasteiger partial charge in [0, 0.05) is 13.1 Å². The normalized spacial score (nSPS) is 16.8. The zero-order chi connectivity index (χ0) is 14.5. The van der Waals surface area contributed by atoms with E-state index in [9.17, 15) is 4.79 Å². The fourth-order valence-electron chi connectivity index (χ4n) is 2.78. The molecule has 0 aliphatic carbocycles. The molecular weight excluding hydrogens is 252 g/mol. The molecule has 1 aromatic carbocycles. The van der Waals surface area contributed by atoms with Gasteiger partial charge in [-0.1, -0.05) is 6.07 Å². The van der Waals surface area contributed by atoms with Gasteiger partial charge in [0.1, 0.15) is 5.75 Å². The van der Waals surface area contributed by atoms with Gasteiger partial charge >= 0.3 is 0 Å². The molecule has 0 spiro atoms. The highest BCUT2D eigenvalue weighted by atomic mass is 16.5. The highest BCUT2D eigenvalue weighted by Crippen LogP contribution is 2.25. The van der Waals surface area contributed by atoms with Gasteiger partial charge in [0.2, 0.25) is 0 Å². The summed E-state index contributed by atoms with van der Waals surface area (Å²) in [6.45, 7) is 8.37. The van der Waals surface area contributed by atoms with E-state index in [-0.39, 0.29) is 5.78 Å². The van der Waals surface area contributed by atoms with E-state index < -0.39 is 0 Å². The minimum atomic E-state index is 0.149. The average molecular weight is 276 g/mol. The van der Waals surface area contributed by atoms with Gasteiger partial charge in [0.25, 0.3) is 0 Å². The molecule has 1 fully saturated rings. The Morgan fingerprint density at radius 1 is 1.30 bits per heavy atom. The second-order valence-electron chi connectivity index (χ2n) is 5.47. The van der Waals surface area contributed by atoms with Gasteiger partial charge in [0.15, 0.2) is 5.78 Å². The molecule has 0 radical (unpaired) electrons. The van der Waals surface area contributed by atoms with Crippen molar-refractivity contribution in [1.29, 1.82) is 0 Å². The summed E-state index contributed by atoms with van der Waals surface area (Å²) >= 11 is 0. The SMILES string of the molecule is COc1c(C)cc(C)cc1C(=O)CN1CCCNCC1. The Morgan fingerprint density at radius 2 is 2.10 bits per heavy atom. The van der Waals surface area contributed by atoms with Crippen LogP contribution in [0.3, 0.4) is 0 Å². The van der Waals surface area contributed by atoms with Crippen LogP contribution in [-0.2, 0) is 0 Å². The van der Waals surface area contributed by atoms with E-state index in [2.05, 4.69) is 10.2 Å². The Morgan fingerprint density at radius 3 is 2.85 bits per heavy atom. The van der Waals surface area contributed by atoms with Gasteiger partial charge in [-0.3, -0.25) is 9.69 Å². The molecule has 0 aromatic heterocycles. The molecular formula is C16H24N2O2. The van der Waals surface area contributed by atoms with Gasteiger partial charge in [-0.2, -0.15) is 0 Å². The number of Topliss-reactive ketones (excluding diaryl/α,β-unsaturated/α-hetero) is 1. The number of ketones is 1. The third-order valence-corrected chi connectivity index (χ3v) is 3.72. The number of rotatable bonds is 4. The van der Waals surface area contributed by atoms with Crippen LogP contribution in [0.1, 0.15) is 27.9 Å². The summed E-state index contributed by atoms with van der Waals surface area (Å²) in [6, 6.07) is 3.98. The molecule has 2 rings (SSSR count). The lowest BCUT2D eigenvalue weighted by atomic mass is 10.0. The van der Waals surface area contributed by atoms with Crippen molar-refractivity contribution in [3.63, 3.8) is 0 Å². The fraction of sp³-hybridized carbons (Fsp3) is 0.562. The minimum absolute atomic E-state index is 0.149. The molecule has 1 heterocycles. The molecule has 1 N–H and O–H groups in total. The van der Waals surface area contributed by atoms with Crippen molar-refractivity contribution in [1.82, 2.24) is 10.2 Å². The van der Waals surface area contributed by atoms with Crippen molar-refractivity contribution in [2.24, 2.45) is 0 Å². The maximum Gasteiger partial charge on any atom is 0.180 e. The van der Waals surface area contributed by atoms with Crippen LogP contribution in [-0.4, -0.2) is 50.5 Å². The van der Waals surface area contributed by atoms with E-state index in [4.69, 9.17) is 4.74 Å². The standard InChI is InChI=1S/C16H24N2O2/c1-12-9-13(2)16(20-3)14(10-12)15(19)11-18-7-4-5-17-6-8-18/h9-10,17H,4-8,11H2,1-3H3. The molecule has 4 nitrogen and oxygen atoms in total. The molecule has 1 aromatic rings. The van der Waals surface area contributed by atoms with Crippen LogP contribution in [0.4, 0.5) is 0 Å². The molecule has 0 atom stereocenters. The summed E-state index contributed by atoms with van der Waals surface area (Å²) in [4.78, 5) is 14.8. The van der Waals surface area contributed by atoms with Crippen LogP contribution in [0.2, 0.25) is 0 Å². The van der Waals surface area contributed by atoms with Crippen LogP contribution >= 0.6 is 0 Å². The van der Waals surface area contributed by atoms with Gasteiger partial charge < -0.3 is 10.1 Å². The first kappa shape index (κ1) is 15.0. The monoisotopic (exact) mass is 276 g/mol. The van der Waals surface area contributed by atoms with Crippen molar-refractivity contribution in [3.8, 4) is 5.75 Å². The number of ether oxygens (including phenoxy) is 1. The molecule has 1 aliphatic heterocycles. The molecule has 1 aliphatic rings. The molecule has 4 heteroatoms. The van der Waals surface area contributed by atoms with Crippen LogP contribution in [0.15, 0.2) is 12.1 Å². The van der Waals surface area contributed by atoms with Crippen molar-refractivity contribution >= 4 is 5.78 Å². The Balaban J connectivity index is 2.15. The molecule has 110 valence electrons. The smallest absolute Gasteiger partial charge is 0.180 e. The zero-order valence-corrected chi connectivity index (χ0v) is 12.7. The van der Waals surface area contributed by atoms with Crippen LogP contribution in [0.25, 0.3) is 0 Å². The van der Waals surface area contributed by atoms with Crippen LogP contribution in [0, 0.1) is 13.8 Å². The van der Waals surface area contributed by atoms with Gasteiger partial charge in [0.05, 0.1) is 19.2 Å². The predicted octanol–water partition coefficient (Wildman–Crippen LogP) is 1.79. The van der Waals surface area contributed by atoms with Crippen molar-refractivity contribution in [3.05, 3.63) is 28.8 Å². The van der Waals surface area contributed by atoms with Crippen LogP contribution < -0.4 is 10.1 Å². The maximum atomic E-state index is 12.6. The molecule has 20 heavy (non-hydrogen) atoms. The Kier molecular flexibility index (Phi) is 5.15. The fourth-order valence-corrected chi connectivity index (χ4v) is 2.78. The number of methoxy groups -OCH3 is 1. The predicted molar refractivity (Wildman–Crippen MR) is 80.7 cm³/mol. The quantitative estimate of drug-likeness (QED) is 0.851. The molecule has 0 amide bonds. The van der Waals surface area contributed by atoms with Crippen molar-refractivity contribution < 1.29 is 9.53 Å². The summed E-state index contributed by atoms with van der Waals surface area (Å²) < 4.78 is 5.41. The molecule has 0 bridgehead atoms. The Bertz CT molecular complexity index is 478. The molecule has 0 saturated carbocycles. The second kappa shape index (κ2) is 6.86. The van der Waals surface area contributed by atoms with Gasteiger partial charge in [-0.15, -0.1) is 0 Å². The number of hydrogen-bond donors (Lipinski definition) is 1. The van der Waals surface area contributed by atoms with E-state index in [0.29, 0.717) is 17.9 Å². The first-order valence-corrected chi connectivity index (χ1v) is 7.23. The first-order valence-electron chi connectivity index (χ1n) is 7.23. The van der Waals surface area contributed by atoms with Gasteiger partial charge in [-0.05, 0) is 50.6 Å². The number of aryl methyl sites for hydroxylation is 2. The molecule has 1 saturated heterocycles. The van der Waals surface area contributed by atoms with E-state index in [1.807, 2.05) is 26.0 Å². The van der Waals surface area contributed by atoms with E-state index >= 15 is 0 Å². The lowest BCUT2D eigenvalue weighted by Crippen LogP contribution is -2.33. The average Bonchev–Trinajstić information content (AvgIpc) is 2.66. The number of carbonyl (C=O) groups excluding carboxylic acids is 1. The van der Waals surface area contributed by atoms with Crippen molar-refractivity contribution in [2.75, 3.05) is 39.8 Å². The summed E-state index contributed by atoms with van der Waals surface area (Å²) in [7, 11) is 1.63. The molecule has 0 unspecified atom stereocenters. The lowest BCUT2D eigenvalue weighted by molar-refractivity contribution is 0.0932. The Labute approximate surface area is 121 Å². The Hall–Kier alpha value is -1.39. The topological polar surface area (TPSA) is 41.6 Å². The third kappa shape index (κ3) is 3.58. The minimum Gasteiger partial charge on any atom is -0.496 e. The number of hydrogen-bond acceptors (Lipinski definition) is 4. The number of nitrogens with one attached hydrogen (secondary N) is 1. The summed E-state index contributed by atoms with van der Waals surface area (Å²) in [5.74, 6) is 0.865. The van der Waals surface area contributed by atoms with Gasteiger partial charge in [-0.25, -0.2) is 0 Å². The second-order valence-corrected chi connectivity index (χ2v) is 5.47. The first-order chi connectivity index (χ1) is 9.61. The lowest BCUT2D eigenvalue weighted by Gasteiger charge is -2.19. The zero-order valence-electron chi connectivity index (χ0n) is 12.7. The van der Waals surface area contributed by atoms with Crippen molar-refractivity contribution in [2.45, 2.75) is 20.3 Å². The summed E-state index contributed by atoms with van der Waals surface area (Å²) in [5, 5.41) is 3.35. The van der Waals surface area contributed by atoms with E-state index in [1.54, 1.807) is 7.11 Å². The van der Waals surface area contributed by atoms with Crippen LogP contribution in [0.5, 0.6) is 5.75 Å². The third-order valence-electron chi connectivity index (χ3n) is 3.72. The summed E-state index contributed by atoms with van der Waals surface area (Å²) in [6.07, 6.45) is 1.09. The number of carbonyl (C=O) groups is 1. The highest BCUT2D eigenvalue weighted by Gasteiger charge is 2.18. The number of benzene rings is 1. The van der Waals surface area contributed by atoms with E-state index in [0.717, 1.165) is 43.7 Å².